The summed E-state index contributed by atoms with van der Waals surface area (Å²) in [5.74, 6) is -1.37. The lowest BCUT2D eigenvalue weighted by Gasteiger charge is -2.18. The van der Waals surface area contributed by atoms with Crippen LogP contribution < -0.4 is 9.47 Å². The Balaban J connectivity index is 2.25. The van der Waals surface area contributed by atoms with E-state index < -0.39 is 17.6 Å². The molecule has 0 aliphatic carbocycles. The summed E-state index contributed by atoms with van der Waals surface area (Å²) >= 11 is 0. The van der Waals surface area contributed by atoms with E-state index in [0.717, 1.165) is 12.8 Å². The minimum absolute atomic E-state index is 0.261. The Labute approximate surface area is 129 Å². The van der Waals surface area contributed by atoms with Gasteiger partial charge in [0.05, 0.1) is 20.3 Å². The van der Waals surface area contributed by atoms with E-state index in [-0.39, 0.29) is 5.56 Å². The van der Waals surface area contributed by atoms with Crippen LogP contribution in [0.3, 0.4) is 0 Å². The third kappa shape index (κ3) is 3.03. The van der Waals surface area contributed by atoms with Crippen LogP contribution in [0.15, 0.2) is 18.2 Å². The molecule has 116 valence electrons. The molecule has 2 rings (SSSR count). The first-order valence-electron chi connectivity index (χ1n) is 7.07. The van der Waals surface area contributed by atoms with Gasteiger partial charge < -0.3 is 14.4 Å². The predicted molar refractivity (Wildman–Crippen MR) is 78.8 cm³/mol. The molecule has 22 heavy (non-hydrogen) atoms. The molecule has 0 bridgehead atoms. The molecule has 6 heteroatoms. The molecule has 1 aliphatic rings. The van der Waals surface area contributed by atoms with Gasteiger partial charge in [-0.15, -0.1) is 0 Å². The van der Waals surface area contributed by atoms with Crippen LogP contribution in [-0.4, -0.2) is 43.9 Å². The van der Waals surface area contributed by atoms with Gasteiger partial charge in [-0.25, -0.2) is 0 Å². The number of hydrogen-bond donors (Lipinski definition) is 0. The van der Waals surface area contributed by atoms with Gasteiger partial charge in [-0.2, -0.15) is 5.26 Å². The van der Waals surface area contributed by atoms with E-state index >= 15 is 0 Å². The molecule has 1 heterocycles. The van der Waals surface area contributed by atoms with Crippen molar-refractivity contribution in [1.29, 1.82) is 5.26 Å². The van der Waals surface area contributed by atoms with Gasteiger partial charge in [0.25, 0.3) is 0 Å². The first kappa shape index (κ1) is 15.8. The molecule has 1 fully saturated rings. The Morgan fingerprint density at radius 2 is 1.82 bits per heavy atom. The van der Waals surface area contributed by atoms with Crippen molar-refractivity contribution in [3.8, 4) is 17.6 Å². The first-order chi connectivity index (χ1) is 10.6. The lowest BCUT2D eigenvalue weighted by molar-refractivity contribution is -0.131. The Morgan fingerprint density at radius 3 is 2.36 bits per heavy atom. The summed E-state index contributed by atoms with van der Waals surface area (Å²) < 4.78 is 10.3. The van der Waals surface area contributed by atoms with Crippen LogP contribution in [0, 0.1) is 17.2 Å². The van der Waals surface area contributed by atoms with Gasteiger partial charge in [0.2, 0.25) is 5.91 Å². The molecule has 1 aromatic carbocycles. The smallest absolute Gasteiger partial charge is 0.247 e. The first-order valence-corrected chi connectivity index (χ1v) is 7.07. The van der Waals surface area contributed by atoms with Gasteiger partial charge in [-0.3, -0.25) is 9.59 Å². The molecule has 1 unspecified atom stereocenters. The number of nitriles is 1. The number of benzene rings is 1. The molecule has 0 radical (unpaired) electrons. The van der Waals surface area contributed by atoms with E-state index in [1.165, 1.54) is 26.4 Å². The number of carbonyl (C=O) groups excluding carboxylic acids is 2. The molecule has 1 saturated heterocycles. The number of Topliss-reactive ketones (excluding diaryl/α,β-unsaturated/α-hetero) is 1. The molecular weight excluding hydrogens is 284 g/mol. The molecule has 1 amide bonds. The number of hydrogen-bond acceptors (Lipinski definition) is 5. The summed E-state index contributed by atoms with van der Waals surface area (Å²) in [6.07, 6.45) is 1.82. The van der Waals surface area contributed by atoms with E-state index in [0.29, 0.717) is 24.6 Å². The average Bonchev–Trinajstić information content (AvgIpc) is 3.09. The standard InChI is InChI=1S/C16H18N2O4/c1-21-13-6-5-11(9-14(13)22-2)15(19)12(10-17)16(20)18-7-3-4-8-18/h5-6,9,12H,3-4,7-8H2,1-2H3. The van der Waals surface area contributed by atoms with Crippen LogP contribution in [-0.2, 0) is 4.79 Å². The zero-order valence-corrected chi connectivity index (χ0v) is 12.7. The van der Waals surface area contributed by atoms with E-state index in [1.54, 1.807) is 11.0 Å². The Morgan fingerprint density at radius 1 is 1.18 bits per heavy atom. The van der Waals surface area contributed by atoms with Crippen LogP contribution >= 0.6 is 0 Å². The van der Waals surface area contributed by atoms with Gasteiger partial charge in [0.1, 0.15) is 0 Å². The summed E-state index contributed by atoms with van der Waals surface area (Å²) in [6, 6.07) is 6.44. The van der Waals surface area contributed by atoms with Gasteiger partial charge >= 0.3 is 0 Å². The van der Waals surface area contributed by atoms with Crippen LogP contribution in [0.2, 0.25) is 0 Å². The lowest BCUT2D eigenvalue weighted by atomic mass is 9.97. The van der Waals surface area contributed by atoms with E-state index in [2.05, 4.69) is 0 Å². The topological polar surface area (TPSA) is 79.6 Å². The molecule has 1 aliphatic heterocycles. The van der Waals surface area contributed by atoms with Gasteiger partial charge in [0, 0.05) is 18.7 Å². The fourth-order valence-electron chi connectivity index (χ4n) is 2.50. The van der Waals surface area contributed by atoms with Crippen molar-refractivity contribution in [2.24, 2.45) is 5.92 Å². The summed E-state index contributed by atoms with van der Waals surface area (Å²) in [5, 5.41) is 9.24. The van der Waals surface area contributed by atoms with Gasteiger partial charge in [-0.1, -0.05) is 0 Å². The number of ketones is 1. The molecule has 0 spiro atoms. The summed E-state index contributed by atoms with van der Waals surface area (Å²) in [5.41, 5.74) is 0.261. The summed E-state index contributed by atoms with van der Waals surface area (Å²) in [6.45, 7) is 1.21. The Bertz CT molecular complexity index is 615. The van der Waals surface area contributed by atoms with E-state index in [4.69, 9.17) is 9.47 Å². The van der Waals surface area contributed by atoms with Crippen LogP contribution in [0.5, 0.6) is 11.5 Å². The van der Waals surface area contributed by atoms with Crippen molar-refractivity contribution >= 4 is 11.7 Å². The quantitative estimate of drug-likeness (QED) is 0.610. The number of methoxy groups -OCH3 is 2. The van der Waals surface area contributed by atoms with Crippen molar-refractivity contribution in [1.82, 2.24) is 4.90 Å². The number of nitrogens with zero attached hydrogens (tertiary/aromatic N) is 2. The highest BCUT2D eigenvalue weighted by molar-refractivity contribution is 6.12. The zero-order chi connectivity index (χ0) is 16.1. The highest BCUT2D eigenvalue weighted by Gasteiger charge is 2.33. The maximum atomic E-state index is 12.5. The second kappa shape index (κ2) is 6.94. The number of ether oxygens (including phenoxy) is 2. The van der Waals surface area contributed by atoms with Crippen molar-refractivity contribution in [2.75, 3.05) is 27.3 Å². The monoisotopic (exact) mass is 302 g/mol. The molecule has 1 aromatic rings. The highest BCUT2D eigenvalue weighted by atomic mass is 16.5. The van der Waals surface area contributed by atoms with Crippen molar-refractivity contribution in [3.63, 3.8) is 0 Å². The molecule has 0 N–H and O–H groups in total. The Kier molecular flexibility index (Phi) is 4.99. The molecule has 1 atom stereocenters. The molecule has 0 aromatic heterocycles. The summed E-state index contributed by atoms with van der Waals surface area (Å²) in [7, 11) is 2.96. The maximum absolute atomic E-state index is 12.5. The van der Waals surface area contributed by atoms with Gasteiger partial charge in [-0.05, 0) is 31.0 Å². The molecule has 6 nitrogen and oxygen atoms in total. The van der Waals surface area contributed by atoms with Crippen LogP contribution in [0.25, 0.3) is 0 Å². The van der Waals surface area contributed by atoms with E-state index in [9.17, 15) is 14.9 Å². The van der Waals surface area contributed by atoms with Gasteiger partial charge in [0.15, 0.2) is 23.2 Å². The second-order valence-corrected chi connectivity index (χ2v) is 5.03. The van der Waals surface area contributed by atoms with Crippen molar-refractivity contribution < 1.29 is 19.1 Å². The van der Waals surface area contributed by atoms with Crippen molar-refractivity contribution in [2.45, 2.75) is 12.8 Å². The SMILES string of the molecule is COc1ccc(C(=O)C(C#N)C(=O)N2CCCC2)cc1OC. The van der Waals surface area contributed by atoms with Crippen LogP contribution in [0.1, 0.15) is 23.2 Å². The minimum Gasteiger partial charge on any atom is -0.493 e. The second-order valence-electron chi connectivity index (χ2n) is 5.03. The highest BCUT2D eigenvalue weighted by Crippen LogP contribution is 2.28. The number of carbonyl (C=O) groups is 2. The molecule has 0 saturated carbocycles. The Hall–Kier alpha value is -2.55. The third-order valence-electron chi connectivity index (χ3n) is 3.72. The number of likely N-dealkylation sites (tertiary alicyclic amines) is 1. The average molecular weight is 302 g/mol. The van der Waals surface area contributed by atoms with Crippen molar-refractivity contribution in [3.05, 3.63) is 23.8 Å². The fraction of sp³-hybridized carbons (Fsp3) is 0.438. The third-order valence-corrected chi connectivity index (χ3v) is 3.72. The maximum Gasteiger partial charge on any atom is 0.247 e. The fourth-order valence-corrected chi connectivity index (χ4v) is 2.50. The van der Waals surface area contributed by atoms with E-state index in [1.807, 2.05) is 6.07 Å². The lowest BCUT2D eigenvalue weighted by Crippen LogP contribution is -2.37. The normalized spacial score (nSPS) is 15.0. The largest absolute Gasteiger partial charge is 0.493 e. The predicted octanol–water partition coefficient (Wildman–Crippen LogP) is 1.65. The minimum atomic E-state index is -1.31. The zero-order valence-electron chi connectivity index (χ0n) is 12.7. The number of amides is 1. The van der Waals surface area contributed by atoms with Crippen LogP contribution in [0.4, 0.5) is 0 Å². The summed E-state index contributed by atoms with van der Waals surface area (Å²) in [4.78, 5) is 26.3. The number of rotatable bonds is 5. The molecular formula is C16H18N2O4.